The quantitative estimate of drug-likeness (QED) is 0.763. The fourth-order valence-corrected chi connectivity index (χ4v) is 2.63. The lowest BCUT2D eigenvalue weighted by Crippen LogP contribution is -2.19. The van der Waals surface area contributed by atoms with E-state index in [-0.39, 0.29) is 5.56 Å². The van der Waals surface area contributed by atoms with Gasteiger partial charge in [0.05, 0.1) is 5.56 Å². The Labute approximate surface area is 107 Å². The fraction of sp³-hybridized carbons (Fsp3) is 0.0769. The maximum Gasteiger partial charge on any atom is 0.278 e. The maximum absolute atomic E-state index is 12.0. The SMILES string of the molecule is Nc1c(Cc2cccs2)c(=O)nc2ccccn12. The van der Waals surface area contributed by atoms with Crippen LogP contribution in [0.1, 0.15) is 10.4 Å². The van der Waals surface area contributed by atoms with Crippen molar-refractivity contribution in [1.82, 2.24) is 9.38 Å². The zero-order valence-electron chi connectivity index (χ0n) is 9.54. The molecule has 0 amide bonds. The molecule has 0 saturated carbocycles. The molecule has 0 aliphatic carbocycles. The number of thiophene rings is 1. The molecule has 0 aromatic carbocycles. The van der Waals surface area contributed by atoms with Crippen LogP contribution < -0.4 is 11.3 Å². The highest BCUT2D eigenvalue weighted by Crippen LogP contribution is 2.17. The lowest BCUT2D eigenvalue weighted by atomic mass is 10.2. The fourth-order valence-electron chi connectivity index (χ4n) is 1.91. The lowest BCUT2D eigenvalue weighted by Gasteiger charge is -2.08. The number of nitrogen functional groups attached to an aromatic ring is 1. The number of hydrogen-bond donors (Lipinski definition) is 1. The second kappa shape index (κ2) is 4.27. The van der Waals surface area contributed by atoms with Gasteiger partial charge in [0.25, 0.3) is 5.56 Å². The molecule has 0 bridgehead atoms. The second-order valence-corrected chi connectivity index (χ2v) is 5.00. The molecule has 0 aliphatic heterocycles. The van der Waals surface area contributed by atoms with Gasteiger partial charge in [0.1, 0.15) is 11.5 Å². The van der Waals surface area contributed by atoms with Crippen molar-refractivity contribution < 1.29 is 0 Å². The summed E-state index contributed by atoms with van der Waals surface area (Å²) >= 11 is 1.61. The largest absolute Gasteiger partial charge is 0.384 e. The van der Waals surface area contributed by atoms with Crippen molar-refractivity contribution in [1.29, 1.82) is 0 Å². The van der Waals surface area contributed by atoms with Gasteiger partial charge >= 0.3 is 0 Å². The number of rotatable bonds is 2. The molecule has 0 unspecified atom stereocenters. The van der Waals surface area contributed by atoms with Gasteiger partial charge in [-0.15, -0.1) is 11.3 Å². The lowest BCUT2D eigenvalue weighted by molar-refractivity contribution is 1.02. The van der Waals surface area contributed by atoms with Crippen molar-refractivity contribution in [2.24, 2.45) is 0 Å². The molecule has 0 fully saturated rings. The third-order valence-electron chi connectivity index (χ3n) is 2.81. The molecule has 3 rings (SSSR count). The summed E-state index contributed by atoms with van der Waals surface area (Å²) in [6.07, 6.45) is 2.35. The van der Waals surface area contributed by atoms with Gasteiger partial charge in [0, 0.05) is 17.5 Å². The first kappa shape index (κ1) is 11.0. The van der Waals surface area contributed by atoms with Gasteiger partial charge in [-0.1, -0.05) is 12.1 Å². The first-order chi connectivity index (χ1) is 8.75. The summed E-state index contributed by atoms with van der Waals surface area (Å²) in [4.78, 5) is 17.1. The molecule has 3 aromatic rings. The Hall–Kier alpha value is -2.14. The van der Waals surface area contributed by atoms with Crippen molar-refractivity contribution in [3.05, 3.63) is 62.7 Å². The summed E-state index contributed by atoms with van der Waals surface area (Å²) in [5.74, 6) is 0.471. The summed E-state index contributed by atoms with van der Waals surface area (Å²) in [6, 6.07) is 9.42. The van der Waals surface area contributed by atoms with E-state index in [1.54, 1.807) is 21.8 Å². The van der Waals surface area contributed by atoms with Crippen molar-refractivity contribution in [3.8, 4) is 0 Å². The first-order valence-electron chi connectivity index (χ1n) is 5.54. The molecule has 18 heavy (non-hydrogen) atoms. The summed E-state index contributed by atoms with van der Waals surface area (Å²) in [7, 11) is 0. The van der Waals surface area contributed by atoms with Crippen LogP contribution in [0, 0.1) is 0 Å². The topological polar surface area (TPSA) is 60.4 Å². The highest BCUT2D eigenvalue weighted by atomic mass is 32.1. The normalized spacial score (nSPS) is 10.9. The van der Waals surface area contributed by atoms with Gasteiger partial charge in [-0.3, -0.25) is 9.20 Å². The predicted octanol–water partition coefficient (Wildman–Crippen LogP) is 1.93. The molecule has 0 saturated heterocycles. The number of nitrogens with two attached hydrogens (primary N) is 1. The average molecular weight is 257 g/mol. The molecule has 2 N–H and O–H groups in total. The first-order valence-corrected chi connectivity index (χ1v) is 6.42. The van der Waals surface area contributed by atoms with E-state index >= 15 is 0 Å². The van der Waals surface area contributed by atoms with Crippen LogP contribution in [0.3, 0.4) is 0 Å². The third kappa shape index (κ3) is 1.78. The minimum Gasteiger partial charge on any atom is -0.384 e. The van der Waals surface area contributed by atoms with Crippen molar-refractivity contribution in [2.75, 3.05) is 5.73 Å². The summed E-state index contributed by atoms with van der Waals surface area (Å²) in [5.41, 5.74) is 6.96. The molecule has 0 radical (unpaired) electrons. The van der Waals surface area contributed by atoms with E-state index in [1.807, 2.05) is 35.8 Å². The van der Waals surface area contributed by atoms with Gasteiger partial charge in [-0.25, -0.2) is 0 Å². The van der Waals surface area contributed by atoms with E-state index in [1.165, 1.54) is 0 Å². The van der Waals surface area contributed by atoms with E-state index in [0.29, 0.717) is 23.4 Å². The monoisotopic (exact) mass is 257 g/mol. The number of pyridine rings is 1. The van der Waals surface area contributed by atoms with Crippen LogP contribution in [-0.2, 0) is 6.42 Å². The second-order valence-electron chi connectivity index (χ2n) is 3.97. The van der Waals surface area contributed by atoms with Crippen LogP contribution in [0.15, 0.2) is 46.7 Å². The number of anilines is 1. The zero-order chi connectivity index (χ0) is 12.5. The Morgan fingerprint density at radius 1 is 1.28 bits per heavy atom. The Bertz CT molecular complexity index is 747. The van der Waals surface area contributed by atoms with Crippen LogP contribution in [0.25, 0.3) is 5.65 Å². The van der Waals surface area contributed by atoms with Gasteiger partial charge in [0.2, 0.25) is 0 Å². The standard InChI is InChI=1S/C13H11N3OS/c14-12-10(8-9-4-3-7-18-9)13(17)15-11-5-1-2-6-16(11)12/h1-7H,8,14H2. The summed E-state index contributed by atoms with van der Waals surface area (Å²) in [5, 5.41) is 1.98. The zero-order valence-corrected chi connectivity index (χ0v) is 10.4. The molecule has 90 valence electrons. The van der Waals surface area contributed by atoms with Gasteiger partial charge < -0.3 is 5.73 Å². The third-order valence-corrected chi connectivity index (χ3v) is 3.69. The predicted molar refractivity (Wildman–Crippen MR) is 73.0 cm³/mol. The molecule has 3 heterocycles. The molecular weight excluding hydrogens is 246 g/mol. The van der Waals surface area contributed by atoms with E-state index in [4.69, 9.17) is 5.73 Å². The van der Waals surface area contributed by atoms with E-state index in [9.17, 15) is 4.79 Å². The Balaban J connectivity index is 2.20. The number of aromatic nitrogens is 2. The Morgan fingerprint density at radius 2 is 2.17 bits per heavy atom. The molecular formula is C13H11N3OS. The average Bonchev–Trinajstić information content (AvgIpc) is 2.87. The maximum atomic E-state index is 12.0. The molecule has 3 aromatic heterocycles. The van der Waals surface area contributed by atoms with Crippen LogP contribution >= 0.6 is 11.3 Å². The molecule has 0 aliphatic rings. The Kier molecular flexibility index (Phi) is 2.60. The van der Waals surface area contributed by atoms with Crippen molar-refractivity contribution >= 4 is 22.8 Å². The number of nitrogens with zero attached hydrogens (tertiary/aromatic N) is 2. The summed E-state index contributed by atoms with van der Waals surface area (Å²) < 4.78 is 1.74. The van der Waals surface area contributed by atoms with Crippen molar-refractivity contribution in [3.63, 3.8) is 0 Å². The molecule has 0 spiro atoms. The van der Waals surface area contributed by atoms with Crippen molar-refractivity contribution in [2.45, 2.75) is 6.42 Å². The Morgan fingerprint density at radius 3 is 2.94 bits per heavy atom. The van der Waals surface area contributed by atoms with E-state index in [2.05, 4.69) is 4.98 Å². The highest BCUT2D eigenvalue weighted by Gasteiger charge is 2.11. The minimum absolute atomic E-state index is 0.243. The van der Waals surface area contributed by atoms with Crippen LogP contribution in [0.4, 0.5) is 5.82 Å². The minimum atomic E-state index is -0.243. The number of hydrogen-bond acceptors (Lipinski definition) is 4. The van der Waals surface area contributed by atoms with E-state index in [0.717, 1.165) is 4.88 Å². The van der Waals surface area contributed by atoms with Crippen LogP contribution in [0.5, 0.6) is 0 Å². The van der Waals surface area contributed by atoms with Crippen LogP contribution in [-0.4, -0.2) is 9.38 Å². The molecule has 4 nitrogen and oxygen atoms in total. The molecule has 5 heteroatoms. The summed E-state index contributed by atoms with van der Waals surface area (Å²) in [6.45, 7) is 0. The highest BCUT2D eigenvalue weighted by molar-refractivity contribution is 7.09. The van der Waals surface area contributed by atoms with Crippen LogP contribution in [0.2, 0.25) is 0 Å². The molecule has 0 atom stereocenters. The van der Waals surface area contributed by atoms with Gasteiger partial charge in [-0.2, -0.15) is 4.98 Å². The van der Waals surface area contributed by atoms with Gasteiger partial charge in [-0.05, 0) is 23.6 Å². The van der Waals surface area contributed by atoms with E-state index < -0.39 is 0 Å². The number of fused-ring (bicyclic) bond motifs is 1. The van der Waals surface area contributed by atoms with Gasteiger partial charge in [0.15, 0.2) is 0 Å². The smallest absolute Gasteiger partial charge is 0.278 e.